The normalized spacial score (nSPS) is 13.9. The summed E-state index contributed by atoms with van der Waals surface area (Å²) in [5, 5.41) is 12.6. The van der Waals surface area contributed by atoms with Crippen molar-refractivity contribution in [1.82, 2.24) is 10.3 Å². The van der Waals surface area contributed by atoms with Crippen molar-refractivity contribution >= 4 is 5.91 Å². The minimum atomic E-state index is -0.482. The highest BCUT2D eigenvalue weighted by molar-refractivity contribution is 5.98. The number of hydrogen-bond donors (Lipinski definition) is 2. The first-order valence-electron chi connectivity index (χ1n) is 12.0. The van der Waals surface area contributed by atoms with E-state index in [1.807, 2.05) is 6.07 Å². The second kappa shape index (κ2) is 11.8. The van der Waals surface area contributed by atoms with E-state index in [0.717, 1.165) is 12.8 Å². The van der Waals surface area contributed by atoms with Gasteiger partial charge in [-0.25, -0.2) is 4.39 Å². The third-order valence-electron chi connectivity index (χ3n) is 6.43. The molecule has 1 heterocycles. The lowest BCUT2D eigenvalue weighted by atomic mass is 9.90. The molecule has 2 aromatic carbocycles. The fourth-order valence-electron chi connectivity index (χ4n) is 4.47. The van der Waals surface area contributed by atoms with Crippen LogP contribution >= 0.6 is 0 Å². The Kier molecular flexibility index (Phi) is 8.32. The summed E-state index contributed by atoms with van der Waals surface area (Å²) >= 11 is 0. The zero-order valence-corrected chi connectivity index (χ0v) is 19.9. The van der Waals surface area contributed by atoms with Crippen molar-refractivity contribution < 1.29 is 23.8 Å². The van der Waals surface area contributed by atoms with E-state index in [1.165, 1.54) is 38.5 Å². The zero-order chi connectivity index (χ0) is 24.6. The van der Waals surface area contributed by atoms with Crippen LogP contribution in [0.25, 0.3) is 11.3 Å². The molecule has 1 amide bonds. The Labute approximate surface area is 205 Å². The molecule has 184 valence electrons. The molecule has 0 aliphatic heterocycles. The highest BCUT2D eigenvalue weighted by Gasteiger charge is 2.19. The number of carbonyl (C=O) groups excluding carboxylic acids is 1. The average Bonchev–Trinajstić information content (AvgIpc) is 2.91. The molecule has 0 saturated heterocycles. The van der Waals surface area contributed by atoms with Crippen LogP contribution in [0, 0.1) is 11.7 Å². The number of rotatable bonds is 9. The Hall–Kier alpha value is -3.45. The maximum absolute atomic E-state index is 14.1. The highest BCUT2D eigenvalue weighted by Crippen LogP contribution is 2.30. The van der Waals surface area contributed by atoms with Gasteiger partial charge in [-0.1, -0.05) is 31.4 Å². The molecule has 7 heteroatoms. The van der Waals surface area contributed by atoms with Gasteiger partial charge in [0.05, 0.1) is 31.6 Å². The Bertz CT molecular complexity index is 1160. The predicted octanol–water partition coefficient (Wildman–Crippen LogP) is 5.28. The number of aliphatic hydroxyl groups is 1. The molecule has 6 nitrogen and oxygen atoms in total. The summed E-state index contributed by atoms with van der Waals surface area (Å²) in [6.07, 6.45) is 7.61. The molecule has 4 rings (SSSR count). The SMILES string of the molecule is COc1ccc(CNC(=O)c2cc(-c3ncccc3CO)ccc2OCC2CCCCC2)cc1F. The quantitative estimate of drug-likeness (QED) is 0.438. The standard InChI is InChI=1S/C28H31FN2O4/c1-34-26-11-9-20(14-24(26)29)16-31-28(33)23-15-21(27-22(17-32)8-5-13-30-27)10-12-25(23)35-18-19-6-3-2-4-7-19/h5,8-15,19,32H,2-4,6-7,16-18H2,1H3,(H,31,33). The van der Waals surface area contributed by atoms with Crippen LogP contribution in [-0.4, -0.2) is 29.7 Å². The molecular weight excluding hydrogens is 447 g/mol. The van der Waals surface area contributed by atoms with Crippen LogP contribution < -0.4 is 14.8 Å². The first-order chi connectivity index (χ1) is 17.1. The number of halogens is 1. The molecule has 1 aromatic heterocycles. The van der Waals surface area contributed by atoms with Gasteiger partial charge in [-0.05, 0) is 60.7 Å². The van der Waals surface area contributed by atoms with E-state index in [9.17, 15) is 14.3 Å². The van der Waals surface area contributed by atoms with Crippen LogP contribution in [-0.2, 0) is 13.2 Å². The van der Waals surface area contributed by atoms with Crippen LogP contribution in [0.2, 0.25) is 0 Å². The molecule has 1 saturated carbocycles. The van der Waals surface area contributed by atoms with Gasteiger partial charge in [0.2, 0.25) is 0 Å². The molecule has 1 aliphatic rings. The van der Waals surface area contributed by atoms with E-state index in [2.05, 4.69) is 10.3 Å². The first kappa shape index (κ1) is 24.7. The Morgan fingerprint density at radius 3 is 2.66 bits per heavy atom. The first-order valence-corrected chi connectivity index (χ1v) is 12.0. The lowest BCUT2D eigenvalue weighted by Crippen LogP contribution is -2.24. The van der Waals surface area contributed by atoms with Gasteiger partial charge in [0, 0.05) is 23.9 Å². The molecule has 0 atom stereocenters. The van der Waals surface area contributed by atoms with Gasteiger partial charge in [0.15, 0.2) is 11.6 Å². The smallest absolute Gasteiger partial charge is 0.255 e. The number of nitrogens with one attached hydrogen (secondary N) is 1. The molecule has 0 radical (unpaired) electrons. The van der Waals surface area contributed by atoms with Crippen molar-refractivity contribution in [1.29, 1.82) is 0 Å². The summed E-state index contributed by atoms with van der Waals surface area (Å²) in [4.78, 5) is 17.7. The van der Waals surface area contributed by atoms with Gasteiger partial charge in [-0.2, -0.15) is 0 Å². The van der Waals surface area contributed by atoms with Crippen LogP contribution in [0.5, 0.6) is 11.5 Å². The Morgan fingerprint density at radius 1 is 1.11 bits per heavy atom. The number of nitrogens with zero attached hydrogens (tertiary/aromatic N) is 1. The van der Waals surface area contributed by atoms with Gasteiger partial charge in [-0.15, -0.1) is 0 Å². The number of pyridine rings is 1. The minimum absolute atomic E-state index is 0.150. The van der Waals surface area contributed by atoms with E-state index in [0.29, 0.717) is 46.2 Å². The monoisotopic (exact) mass is 478 g/mol. The third-order valence-corrected chi connectivity index (χ3v) is 6.43. The summed E-state index contributed by atoms with van der Waals surface area (Å²) in [5.41, 5.74) is 2.98. The van der Waals surface area contributed by atoms with Crippen molar-refractivity contribution in [2.24, 2.45) is 5.92 Å². The number of ether oxygens (including phenoxy) is 2. The molecule has 35 heavy (non-hydrogen) atoms. The average molecular weight is 479 g/mol. The van der Waals surface area contributed by atoms with Crippen LogP contribution in [0.1, 0.15) is 53.6 Å². The second-order valence-corrected chi connectivity index (χ2v) is 8.85. The topological polar surface area (TPSA) is 80.7 Å². The lowest BCUT2D eigenvalue weighted by Gasteiger charge is -2.22. The largest absolute Gasteiger partial charge is 0.494 e. The second-order valence-electron chi connectivity index (χ2n) is 8.85. The van der Waals surface area contributed by atoms with Gasteiger partial charge in [0.1, 0.15) is 5.75 Å². The maximum atomic E-state index is 14.1. The maximum Gasteiger partial charge on any atom is 0.255 e. The highest BCUT2D eigenvalue weighted by atomic mass is 19.1. The van der Waals surface area contributed by atoms with Crippen molar-refractivity contribution in [2.45, 2.75) is 45.3 Å². The molecule has 1 aliphatic carbocycles. The van der Waals surface area contributed by atoms with Crippen LogP contribution in [0.3, 0.4) is 0 Å². The van der Waals surface area contributed by atoms with Gasteiger partial charge >= 0.3 is 0 Å². The Morgan fingerprint density at radius 2 is 1.91 bits per heavy atom. The number of aliphatic hydroxyl groups excluding tert-OH is 1. The zero-order valence-electron chi connectivity index (χ0n) is 19.9. The van der Waals surface area contributed by atoms with E-state index >= 15 is 0 Å². The van der Waals surface area contributed by atoms with Gasteiger partial charge in [-0.3, -0.25) is 9.78 Å². The molecule has 0 unspecified atom stereocenters. The van der Waals surface area contributed by atoms with Crippen LogP contribution in [0.15, 0.2) is 54.7 Å². The summed E-state index contributed by atoms with van der Waals surface area (Å²) < 4.78 is 25.2. The van der Waals surface area contributed by atoms with Crippen molar-refractivity contribution in [3.05, 3.63) is 77.2 Å². The number of aromatic nitrogens is 1. The van der Waals surface area contributed by atoms with Gasteiger partial charge < -0.3 is 19.9 Å². The third kappa shape index (κ3) is 6.17. The van der Waals surface area contributed by atoms with E-state index < -0.39 is 5.82 Å². The summed E-state index contributed by atoms with van der Waals surface area (Å²) in [6.45, 7) is 0.556. The molecule has 1 fully saturated rings. The molecule has 0 bridgehead atoms. The summed E-state index contributed by atoms with van der Waals surface area (Å²) in [7, 11) is 1.41. The van der Waals surface area contributed by atoms with Crippen molar-refractivity contribution in [3.8, 4) is 22.8 Å². The Balaban J connectivity index is 1.57. The molecule has 0 spiro atoms. The number of amides is 1. The number of methoxy groups -OCH3 is 1. The fourth-order valence-corrected chi connectivity index (χ4v) is 4.47. The van der Waals surface area contributed by atoms with E-state index in [4.69, 9.17) is 9.47 Å². The number of carbonyl (C=O) groups is 1. The summed E-state index contributed by atoms with van der Waals surface area (Å²) in [6, 6.07) is 13.5. The van der Waals surface area contributed by atoms with Crippen molar-refractivity contribution in [3.63, 3.8) is 0 Å². The predicted molar refractivity (Wildman–Crippen MR) is 132 cm³/mol. The van der Waals surface area contributed by atoms with Gasteiger partial charge in [0.25, 0.3) is 5.91 Å². The van der Waals surface area contributed by atoms with E-state index in [1.54, 1.807) is 36.5 Å². The number of benzene rings is 2. The molecular formula is C28H31FN2O4. The lowest BCUT2D eigenvalue weighted by molar-refractivity contribution is 0.0945. The molecule has 3 aromatic rings. The summed E-state index contributed by atoms with van der Waals surface area (Å²) in [5.74, 6) is 0.325. The van der Waals surface area contributed by atoms with Crippen LogP contribution in [0.4, 0.5) is 4.39 Å². The minimum Gasteiger partial charge on any atom is -0.494 e. The number of hydrogen-bond acceptors (Lipinski definition) is 5. The van der Waals surface area contributed by atoms with E-state index in [-0.39, 0.29) is 24.8 Å². The molecule has 2 N–H and O–H groups in total. The fraction of sp³-hybridized carbons (Fsp3) is 0.357. The van der Waals surface area contributed by atoms with Crippen molar-refractivity contribution in [2.75, 3.05) is 13.7 Å².